The van der Waals surface area contributed by atoms with Gasteiger partial charge in [0.25, 0.3) is 0 Å². The van der Waals surface area contributed by atoms with Gasteiger partial charge in [0.05, 0.1) is 6.04 Å². The summed E-state index contributed by atoms with van der Waals surface area (Å²) in [4.78, 5) is 26.1. The molecule has 1 saturated heterocycles. The average Bonchev–Trinajstić information content (AvgIpc) is 2.88. The Hall–Kier alpha value is -1.88. The molecule has 1 aromatic rings. The minimum atomic E-state index is -0.457. The van der Waals surface area contributed by atoms with Gasteiger partial charge in [-0.1, -0.05) is 43.7 Å². The molecular formula is C19H28N2O3. The Balaban J connectivity index is 1.93. The van der Waals surface area contributed by atoms with Crippen LogP contribution >= 0.6 is 0 Å². The van der Waals surface area contributed by atoms with Gasteiger partial charge in [0.1, 0.15) is 6.10 Å². The molecule has 1 N–H and O–H groups in total. The Morgan fingerprint density at radius 1 is 1.38 bits per heavy atom. The lowest BCUT2D eigenvalue weighted by Crippen LogP contribution is -2.38. The lowest BCUT2D eigenvalue weighted by molar-refractivity contribution is -0.132. The highest BCUT2D eigenvalue weighted by Crippen LogP contribution is 2.36. The number of nitrogens with zero attached hydrogens (tertiary/aromatic N) is 1. The number of ether oxygens (including phenoxy) is 1. The maximum atomic E-state index is 12.2. The van der Waals surface area contributed by atoms with E-state index in [1.165, 1.54) is 0 Å². The molecule has 2 rings (SSSR count). The normalized spacial score (nSPS) is 21.8. The van der Waals surface area contributed by atoms with Gasteiger partial charge >= 0.3 is 0 Å². The van der Waals surface area contributed by atoms with E-state index in [1.807, 2.05) is 37.4 Å². The van der Waals surface area contributed by atoms with E-state index in [1.54, 1.807) is 11.8 Å². The van der Waals surface area contributed by atoms with Gasteiger partial charge in [0.2, 0.25) is 11.8 Å². The van der Waals surface area contributed by atoms with Crippen LogP contribution in [0.2, 0.25) is 0 Å². The van der Waals surface area contributed by atoms with Gasteiger partial charge in [-0.15, -0.1) is 0 Å². The van der Waals surface area contributed by atoms with Crippen molar-refractivity contribution in [2.24, 2.45) is 5.92 Å². The third-order valence-corrected chi connectivity index (χ3v) is 4.61. The van der Waals surface area contributed by atoms with Crippen molar-refractivity contribution in [1.82, 2.24) is 10.2 Å². The summed E-state index contributed by atoms with van der Waals surface area (Å²) in [5.41, 5.74) is 1.11. The lowest BCUT2D eigenvalue weighted by Gasteiger charge is -2.26. The molecule has 5 heteroatoms. The van der Waals surface area contributed by atoms with E-state index in [4.69, 9.17) is 4.74 Å². The molecule has 5 nitrogen and oxygen atoms in total. The maximum absolute atomic E-state index is 12.2. The number of hydrogen-bond donors (Lipinski definition) is 1. The topological polar surface area (TPSA) is 58.6 Å². The number of hydrogen-bond acceptors (Lipinski definition) is 3. The summed E-state index contributed by atoms with van der Waals surface area (Å²) in [5.74, 6) is 0.0898. The molecule has 1 aliphatic heterocycles. The molecule has 0 aromatic heterocycles. The molecular weight excluding hydrogens is 304 g/mol. The Kier molecular flexibility index (Phi) is 6.79. The Bertz CT molecular complexity index is 547. The first-order valence-corrected chi connectivity index (χ1v) is 8.74. The van der Waals surface area contributed by atoms with E-state index >= 15 is 0 Å². The van der Waals surface area contributed by atoms with Gasteiger partial charge < -0.3 is 15.0 Å². The first-order chi connectivity index (χ1) is 11.5. The van der Waals surface area contributed by atoms with Crippen molar-refractivity contribution >= 4 is 11.8 Å². The fourth-order valence-corrected chi connectivity index (χ4v) is 3.14. The van der Waals surface area contributed by atoms with E-state index in [9.17, 15) is 9.59 Å². The molecule has 0 saturated carbocycles. The molecule has 1 aromatic carbocycles. The van der Waals surface area contributed by atoms with Crippen molar-refractivity contribution in [2.45, 2.75) is 45.3 Å². The molecule has 3 atom stereocenters. The number of unbranched alkanes of at least 4 members (excludes halogenated alkanes) is 1. The summed E-state index contributed by atoms with van der Waals surface area (Å²) in [6.07, 6.45) is 2.00. The average molecular weight is 332 g/mol. The molecule has 1 heterocycles. The Morgan fingerprint density at radius 3 is 2.75 bits per heavy atom. The van der Waals surface area contributed by atoms with E-state index in [0.717, 1.165) is 18.4 Å². The van der Waals surface area contributed by atoms with Crippen LogP contribution in [0.4, 0.5) is 0 Å². The Morgan fingerprint density at radius 2 is 2.08 bits per heavy atom. The largest absolute Gasteiger partial charge is 0.369 e. The van der Waals surface area contributed by atoms with E-state index in [2.05, 4.69) is 12.2 Å². The highest BCUT2D eigenvalue weighted by atomic mass is 16.5. The van der Waals surface area contributed by atoms with Crippen LogP contribution in [0.3, 0.4) is 0 Å². The minimum Gasteiger partial charge on any atom is -0.369 e. The summed E-state index contributed by atoms with van der Waals surface area (Å²) in [5, 5.41) is 2.95. The van der Waals surface area contributed by atoms with Crippen molar-refractivity contribution < 1.29 is 14.3 Å². The molecule has 0 unspecified atom stereocenters. The number of nitrogens with one attached hydrogen (secondary N) is 1. The summed E-state index contributed by atoms with van der Waals surface area (Å²) < 4.78 is 5.52. The molecule has 2 amide bonds. The third-order valence-electron chi connectivity index (χ3n) is 4.61. The molecule has 0 bridgehead atoms. The van der Waals surface area contributed by atoms with Gasteiger partial charge in [0.15, 0.2) is 0 Å². The zero-order valence-electron chi connectivity index (χ0n) is 14.8. The summed E-state index contributed by atoms with van der Waals surface area (Å²) in [7, 11) is 1.83. The predicted octanol–water partition coefficient (Wildman–Crippen LogP) is 2.53. The van der Waals surface area contributed by atoms with Gasteiger partial charge in [0, 0.05) is 32.5 Å². The first-order valence-electron chi connectivity index (χ1n) is 8.74. The zero-order valence-corrected chi connectivity index (χ0v) is 14.8. The van der Waals surface area contributed by atoms with Gasteiger partial charge in [-0.3, -0.25) is 9.59 Å². The van der Waals surface area contributed by atoms with Crippen LogP contribution in [0, 0.1) is 5.92 Å². The molecule has 0 spiro atoms. The Labute approximate surface area is 144 Å². The van der Waals surface area contributed by atoms with Crippen molar-refractivity contribution in [2.75, 3.05) is 20.2 Å². The molecule has 1 fully saturated rings. The van der Waals surface area contributed by atoms with Crippen LogP contribution in [0.25, 0.3) is 0 Å². The predicted molar refractivity (Wildman–Crippen MR) is 93.4 cm³/mol. The van der Waals surface area contributed by atoms with Crippen LogP contribution in [-0.2, 0) is 14.3 Å². The van der Waals surface area contributed by atoms with Gasteiger partial charge in [-0.05, 0) is 18.9 Å². The van der Waals surface area contributed by atoms with Gasteiger partial charge in [-0.25, -0.2) is 0 Å². The van der Waals surface area contributed by atoms with E-state index in [-0.39, 0.29) is 23.8 Å². The zero-order chi connectivity index (χ0) is 17.5. The second-order valence-corrected chi connectivity index (χ2v) is 6.44. The molecule has 132 valence electrons. The monoisotopic (exact) mass is 332 g/mol. The highest BCUT2D eigenvalue weighted by molar-refractivity contribution is 5.81. The van der Waals surface area contributed by atoms with Crippen molar-refractivity contribution in [3.05, 3.63) is 35.9 Å². The second kappa shape index (κ2) is 8.83. The summed E-state index contributed by atoms with van der Waals surface area (Å²) >= 11 is 0. The van der Waals surface area contributed by atoms with Crippen LogP contribution < -0.4 is 5.32 Å². The fourth-order valence-electron chi connectivity index (χ4n) is 3.14. The summed E-state index contributed by atoms with van der Waals surface area (Å²) in [6, 6.07) is 9.99. The molecule has 0 aliphatic carbocycles. The van der Waals surface area contributed by atoms with Crippen LogP contribution in [0.5, 0.6) is 0 Å². The maximum Gasteiger partial charge on any atom is 0.248 e. The highest BCUT2D eigenvalue weighted by Gasteiger charge is 2.38. The van der Waals surface area contributed by atoms with Crippen LogP contribution in [0.15, 0.2) is 30.3 Å². The molecule has 1 aliphatic rings. The third kappa shape index (κ3) is 4.57. The van der Waals surface area contributed by atoms with Crippen molar-refractivity contribution in [1.29, 1.82) is 0 Å². The standard InChI is InChI=1S/C19H28N2O3/c1-4-5-11-24-14(2)19(23)20-13-16-12-17(22)21(3)18(16)15-9-7-6-8-10-15/h6-10,14,16,18H,4-5,11-13H2,1-3H3,(H,20,23)/t14-,16+,18-/m1/s1. The number of rotatable bonds is 8. The molecule has 24 heavy (non-hydrogen) atoms. The molecule has 0 radical (unpaired) electrons. The van der Waals surface area contributed by atoms with Crippen LogP contribution in [0.1, 0.15) is 44.7 Å². The lowest BCUT2D eigenvalue weighted by atomic mass is 9.93. The number of benzene rings is 1. The summed E-state index contributed by atoms with van der Waals surface area (Å²) in [6.45, 7) is 4.94. The fraction of sp³-hybridized carbons (Fsp3) is 0.579. The number of carbonyl (C=O) groups is 2. The van der Waals surface area contributed by atoms with E-state index < -0.39 is 6.10 Å². The minimum absolute atomic E-state index is 0.00955. The second-order valence-electron chi connectivity index (χ2n) is 6.44. The van der Waals surface area contributed by atoms with Crippen LogP contribution in [-0.4, -0.2) is 43.0 Å². The number of likely N-dealkylation sites (tertiary alicyclic amines) is 1. The van der Waals surface area contributed by atoms with Gasteiger partial charge in [-0.2, -0.15) is 0 Å². The van der Waals surface area contributed by atoms with Crippen molar-refractivity contribution in [3.63, 3.8) is 0 Å². The quantitative estimate of drug-likeness (QED) is 0.744. The van der Waals surface area contributed by atoms with E-state index in [0.29, 0.717) is 19.6 Å². The SMILES string of the molecule is CCCCO[C@H](C)C(=O)NC[C@@H]1CC(=O)N(C)[C@@H]1c1ccccc1. The number of carbonyl (C=O) groups excluding carboxylic acids is 2. The van der Waals surface area contributed by atoms with Crippen molar-refractivity contribution in [3.8, 4) is 0 Å². The smallest absolute Gasteiger partial charge is 0.248 e. The number of amides is 2. The first kappa shape index (κ1) is 18.5.